The minimum Gasteiger partial charge on any atom is -0.328 e. The van der Waals surface area contributed by atoms with Gasteiger partial charge < -0.3 is 5.73 Å². The summed E-state index contributed by atoms with van der Waals surface area (Å²) >= 11 is 0. The number of allylic oxidation sites excluding steroid dienone is 1. The van der Waals surface area contributed by atoms with Crippen molar-refractivity contribution in [3.63, 3.8) is 0 Å². The number of nitrogens with two attached hydrogens (primary N) is 1. The van der Waals surface area contributed by atoms with Gasteiger partial charge in [-0.3, -0.25) is 0 Å². The van der Waals surface area contributed by atoms with Crippen molar-refractivity contribution in [3.05, 3.63) is 12.2 Å². The summed E-state index contributed by atoms with van der Waals surface area (Å²) in [4.78, 5) is 0. The van der Waals surface area contributed by atoms with Gasteiger partial charge >= 0.3 is 0 Å². The van der Waals surface area contributed by atoms with E-state index in [4.69, 9.17) is 5.73 Å². The quantitative estimate of drug-likeness (QED) is 0.553. The normalized spacial score (nSPS) is 13.4. The van der Waals surface area contributed by atoms with Crippen LogP contribution in [-0.4, -0.2) is 12.7 Å². The van der Waals surface area contributed by atoms with E-state index in [-0.39, 0.29) is 6.54 Å². The van der Waals surface area contributed by atoms with Gasteiger partial charge in [0.25, 0.3) is 0 Å². The van der Waals surface area contributed by atoms with Crippen molar-refractivity contribution >= 4 is 0 Å². The van der Waals surface area contributed by atoms with Crippen molar-refractivity contribution in [2.75, 3.05) is 6.54 Å². The molecule has 0 saturated carbocycles. The van der Waals surface area contributed by atoms with Crippen LogP contribution in [0.3, 0.4) is 0 Å². The minimum absolute atomic E-state index is 0.104. The molecular formula is C6H12FN. The van der Waals surface area contributed by atoms with Gasteiger partial charge in [-0.15, -0.1) is 6.58 Å². The maximum atomic E-state index is 12.2. The molecule has 0 rings (SSSR count). The van der Waals surface area contributed by atoms with E-state index in [2.05, 4.69) is 6.58 Å². The van der Waals surface area contributed by atoms with Crippen LogP contribution in [0.4, 0.5) is 4.39 Å². The largest absolute Gasteiger partial charge is 0.328 e. The second-order valence-electron chi connectivity index (χ2n) is 1.99. The molecule has 0 aliphatic rings. The molecule has 2 heteroatoms. The van der Waals surface area contributed by atoms with Crippen LogP contribution in [-0.2, 0) is 0 Å². The van der Waals surface area contributed by atoms with Crippen molar-refractivity contribution in [1.29, 1.82) is 0 Å². The maximum Gasteiger partial charge on any atom is 0.116 e. The third kappa shape index (κ3) is 3.81. The Hall–Kier alpha value is -0.370. The van der Waals surface area contributed by atoms with Crippen molar-refractivity contribution in [2.24, 2.45) is 5.73 Å². The molecule has 1 atom stereocenters. The first-order valence-corrected chi connectivity index (χ1v) is 2.65. The lowest BCUT2D eigenvalue weighted by molar-refractivity contribution is 0.340. The number of hydrogen-bond acceptors (Lipinski definition) is 1. The monoisotopic (exact) mass is 117 g/mol. The first-order valence-electron chi connectivity index (χ1n) is 2.65. The summed E-state index contributed by atoms with van der Waals surface area (Å²) in [6.45, 7) is 5.45. The highest BCUT2D eigenvalue weighted by atomic mass is 19.1. The fraction of sp³-hybridized carbons (Fsp3) is 0.667. The van der Waals surface area contributed by atoms with E-state index in [9.17, 15) is 4.39 Å². The molecule has 0 radical (unpaired) electrons. The van der Waals surface area contributed by atoms with Crippen LogP contribution in [0.15, 0.2) is 12.2 Å². The molecule has 0 heterocycles. The molecule has 0 aromatic rings. The van der Waals surface area contributed by atoms with Gasteiger partial charge in [0.1, 0.15) is 6.17 Å². The predicted molar refractivity (Wildman–Crippen MR) is 33.4 cm³/mol. The van der Waals surface area contributed by atoms with Crippen LogP contribution in [0.1, 0.15) is 13.3 Å². The first kappa shape index (κ1) is 7.63. The van der Waals surface area contributed by atoms with E-state index in [0.717, 1.165) is 5.57 Å². The van der Waals surface area contributed by atoms with Crippen molar-refractivity contribution < 1.29 is 4.39 Å². The third-order valence-electron chi connectivity index (χ3n) is 0.826. The molecule has 48 valence electrons. The number of halogens is 1. The van der Waals surface area contributed by atoms with E-state index >= 15 is 0 Å². The first-order chi connectivity index (χ1) is 3.66. The second-order valence-corrected chi connectivity index (χ2v) is 1.99. The molecule has 0 bridgehead atoms. The molecule has 8 heavy (non-hydrogen) atoms. The lowest BCUT2D eigenvalue weighted by atomic mass is 10.2. The van der Waals surface area contributed by atoms with E-state index < -0.39 is 6.17 Å². The Morgan fingerprint density at radius 2 is 2.38 bits per heavy atom. The molecule has 1 unspecified atom stereocenters. The summed E-state index contributed by atoms with van der Waals surface area (Å²) in [6.07, 6.45) is -0.497. The Kier molecular flexibility index (Phi) is 3.44. The molecule has 0 saturated heterocycles. The number of rotatable bonds is 3. The fourth-order valence-corrected chi connectivity index (χ4v) is 0.461. The average Bonchev–Trinajstić information content (AvgIpc) is 1.65. The molecule has 0 aromatic carbocycles. The Bertz CT molecular complexity index is 80.6. The minimum atomic E-state index is -0.896. The van der Waals surface area contributed by atoms with Crippen LogP contribution in [0.5, 0.6) is 0 Å². The Morgan fingerprint density at radius 1 is 1.88 bits per heavy atom. The third-order valence-corrected chi connectivity index (χ3v) is 0.826. The summed E-state index contributed by atoms with van der Waals surface area (Å²) in [5.41, 5.74) is 5.85. The van der Waals surface area contributed by atoms with Gasteiger partial charge in [-0.1, -0.05) is 5.57 Å². The van der Waals surface area contributed by atoms with Crippen LogP contribution in [0.2, 0.25) is 0 Å². The van der Waals surface area contributed by atoms with Crippen LogP contribution in [0, 0.1) is 0 Å². The number of alkyl halides is 1. The van der Waals surface area contributed by atoms with Gasteiger partial charge in [-0.25, -0.2) is 4.39 Å². The molecule has 2 N–H and O–H groups in total. The highest BCUT2D eigenvalue weighted by Crippen LogP contribution is 2.02. The van der Waals surface area contributed by atoms with E-state index in [1.165, 1.54) is 0 Å². The number of hydrogen-bond donors (Lipinski definition) is 1. The van der Waals surface area contributed by atoms with Gasteiger partial charge in [-0.2, -0.15) is 0 Å². The molecule has 1 nitrogen and oxygen atoms in total. The van der Waals surface area contributed by atoms with E-state index in [0.29, 0.717) is 6.42 Å². The second kappa shape index (κ2) is 3.61. The highest BCUT2D eigenvalue weighted by Gasteiger charge is 2.00. The van der Waals surface area contributed by atoms with Crippen molar-refractivity contribution in [2.45, 2.75) is 19.5 Å². The maximum absolute atomic E-state index is 12.2. The molecular weight excluding hydrogens is 105 g/mol. The van der Waals surface area contributed by atoms with Crippen molar-refractivity contribution in [1.82, 2.24) is 0 Å². The molecule has 0 aliphatic heterocycles. The smallest absolute Gasteiger partial charge is 0.116 e. The Labute approximate surface area is 49.4 Å². The highest BCUT2D eigenvalue weighted by molar-refractivity contribution is 4.90. The lowest BCUT2D eigenvalue weighted by Crippen LogP contribution is -2.14. The topological polar surface area (TPSA) is 26.0 Å². The van der Waals surface area contributed by atoms with Gasteiger partial charge in [0.05, 0.1) is 0 Å². The standard InChI is InChI=1S/C6H12FN/c1-5(2)3-6(7)4-8/h6H,1,3-4,8H2,2H3. The zero-order valence-electron chi connectivity index (χ0n) is 5.15. The summed E-state index contributed by atoms with van der Waals surface area (Å²) in [7, 11) is 0. The van der Waals surface area contributed by atoms with Gasteiger partial charge in [0.2, 0.25) is 0 Å². The summed E-state index contributed by atoms with van der Waals surface area (Å²) in [5.74, 6) is 0. The van der Waals surface area contributed by atoms with E-state index in [1.54, 1.807) is 6.92 Å². The predicted octanol–water partition coefficient (Wildman–Crippen LogP) is 1.25. The zero-order valence-corrected chi connectivity index (χ0v) is 5.15. The van der Waals surface area contributed by atoms with Gasteiger partial charge in [0, 0.05) is 13.0 Å². The summed E-state index contributed by atoms with van der Waals surface area (Å²) in [5, 5.41) is 0. The molecule has 0 aromatic heterocycles. The van der Waals surface area contributed by atoms with Crippen molar-refractivity contribution in [3.8, 4) is 0 Å². The van der Waals surface area contributed by atoms with Crippen LogP contribution < -0.4 is 5.73 Å². The van der Waals surface area contributed by atoms with E-state index in [1.807, 2.05) is 0 Å². The molecule has 0 fully saturated rings. The summed E-state index contributed by atoms with van der Waals surface area (Å²) < 4.78 is 12.2. The van der Waals surface area contributed by atoms with Gasteiger partial charge in [-0.05, 0) is 6.92 Å². The van der Waals surface area contributed by atoms with Gasteiger partial charge in [0.15, 0.2) is 0 Å². The Balaban J connectivity index is 3.24. The molecule has 0 amide bonds. The summed E-state index contributed by atoms with van der Waals surface area (Å²) in [6, 6.07) is 0. The SMILES string of the molecule is C=C(C)CC(F)CN. The van der Waals surface area contributed by atoms with Crippen LogP contribution in [0.25, 0.3) is 0 Å². The van der Waals surface area contributed by atoms with Crippen LogP contribution >= 0.6 is 0 Å². The Morgan fingerprint density at radius 3 is 2.50 bits per heavy atom. The average molecular weight is 117 g/mol. The fourth-order valence-electron chi connectivity index (χ4n) is 0.461. The molecule has 0 spiro atoms. The zero-order chi connectivity index (χ0) is 6.57. The lowest BCUT2D eigenvalue weighted by Gasteiger charge is -2.01. The molecule has 0 aliphatic carbocycles.